The van der Waals surface area contributed by atoms with Crippen molar-refractivity contribution in [3.63, 3.8) is 0 Å². The topological polar surface area (TPSA) is 117 Å². The van der Waals surface area contributed by atoms with Crippen molar-refractivity contribution in [1.82, 2.24) is 19.8 Å². The number of carboxylic acids is 1. The molecule has 10 nitrogen and oxygen atoms in total. The average Bonchev–Trinajstić information content (AvgIpc) is 3.09. The second-order valence-electron chi connectivity index (χ2n) is 12.9. The summed E-state index contributed by atoms with van der Waals surface area (Å²) >= 11 is 0. The number of nitrogens with zero attached hydrogens (tertiary/aromatic N) is 4. The number of aromatic nitrogens is 2. The van der Waals surface area contributed by atoms with Crippen molar-refractivity contribution in [2.24, 2.45) is 0 Å². The average molecular weight is 652 g/mol. The number of carbonyl (C=O) groups excluding carboxylic acids is 1. The van der Waals surface area contributed by atoms with Crippen molar-refractivity contribution in [1.29, 1.82) is 0 Å². The van der Waals surface area contributed by atoms with Crippen LogP contribution in [0.3, 0.4) is 0 Å². The Labute approximate surface area is 282 Å². The summed E-state index contributed by atoms with van der Waals surface area (Å²) in [7, 11) is 0. The van der Waals surface area contributed by atoms with Crippen molar-refractivity contribution >= 4 is 34.8 Å². The van der Waals surface area contributed by atoms with Crippen LogP contribution in [0.25, 0.3) is 22.0 Å². The van der Waals surface area contributed by atoms with Crippen LogP contribution in [0.5, 0.6) is 5.75 Å². The number of likely N-dealkylation sites (tertiary alicyclic amines) is 2. The van der Waals surface area contributed by atoms with E-state index < -0.39 is 12.0 Å². The van der Waals surface area contributed by atoms with E-state index in [0.717, 1.165) is 108 Å². The molecule has 0 spiro atoms. The maximum absolute atomic E-state index is 11.8. The highest BCUT2D eigenvalue weighted by molar-refractivity contribution is 5.91. The van der Waals surface area contributed by atoms with Gasteiger partial charge < -0.3 is 24.8 Å². The molecule has 2 aromatic carbocycles. The molecule has 2 saturated heterocycles. The summed E-state index contributed by atoms with van der Waals surface area (Å²) in [5.74, 6) is 0.811. The number of carboxylic acid groups (broad SMARTS) is 1. The molecule has 4 aromatic rings. The van der Waals surface area contributed by atoms with Crippen molar-refractivity contribution < 1.29 is 24.2 Å². The van der Waals surface area contributed by atoms with Gasteiger partial charge in [-0.1, -0.05) is 30.7 Å². The lowest BCUT2D eigenvalue weighted by molar-refractivity contribution is -0.144. The monoisotopic (exact) mass is 651 g/mol. The summed E-state index contributed by atoms with van der Waals surface area (Å²) in [5.41, 5.74) is 7.15. The van der Waals surface area contributed by atoms with E-state index in [4.69, 9.17) is 14.5 Å². The molecule has 0 bridgehead atoms. The van der Waals surface area contributed by atoms with Crippen molar-refractivity contribution in [2.45, 2.75) is 71.1 Å². The number of anilines is 2. The van der Waals surface area contributed by atoms with Crippen LogP contribution < -0.4 is 10.1 Å². The van der Waals surface area contributed by atoms with Gasteiger partial charge in [-0.05, 0) is 105 Å². The quantitative estimate of drug-likeness (QED) is 0.123. The minimum atomic E-state index is -0.752. The zero-order valence-electron chi connectivity index (χ0n) is 27.9. The van der Waals surface area contributed by atoms with Gasteiger partial charge in [-0.3, -0.25) is 19.5 Å². The molecule has 48 heavy (non-hydrogen) atoms. The minimum Gasteiger partial charge on any atom is -0.493 e. The van der Waals surface area contributed by atoms with E-state index in [1.165, 1.54) is 0 Å². The summed E-state index contributed by atoms with van der Waals surface area (Å²) in [6.45, 7) is 9.60. The Morgan fingerprint density at radius 1 is 1.00 bits per heavy atom. The molecule has 4 heterocycles. The molecular weight excluding hydrogens is 606 g/mol. The van der Waals surface area contributed by atoms with Gasteiger partial charge in [-0.15, -0.1) is 0 Å². The summed E-state index contributed by atoms with van der Waals surface area (Å²) in [5, 5.41) is 14.2. The first-order valence-corrected chi connectivity index (χ1v) is 17.0. The molecule has 2 aromatic heterocycles. The first-order chi connectivity index (χ1) is 23.4. The molecule has 1 atom stereocenters. The van der Waals surface area contributed by atoms with Gasteiger partial charge in [-0.25, -0.2) is 4.98 Å². The molecule has 2 aliphatic rings. The number of rotatable bonds is 13. The highest BCUT2D eigenvalue weighted by Gasteiger charge is 2.28. The smallest absolute Gasteiger partial charge is 0.320 e. The van der Waals surface area contributed by atoms with Crippen molar-refractivity contribution in [2.75, 3.05) is 38.1 Å². The number of nitrogens with one attached hydrogen (secondary N) is 1. The fourth-order valence-corrected chi connectivity index (χ4v) is 7.05. The predicted molar refractivity (Wildman–Crippen MR) is 187 cm³/mol. The van der Waals surface area contributed by atoms with Gasteiger partial charge in [0.05, 0.1) is 6.61 Å². The Bertz CT molecular complexity index is 1740. The Morgan fingerprint density at radius 3 is 2.58 bits per heavy atom. The third kappa shape index (κ3) is 7.77. The lowest BCUT2D eigenvalue weighted by atomic mass is 9.95. The number of aliphatic carboxylic acids is 1. The number of piperidine rings is 2. The highest BCUT2D eigenvalue weighted by atomic mass is 16.5. The largest absolute Gasteiger partial charge is 0.493 e. The van der Waals surface area contributed by atoms with Crippen LogP contribution in [-0.2, 0) is 20.9 Å². The van der Waals surface area contributed by atoms with Crippen LogP contribution in [-0.4, -0.2) is 82.2 Å². The number of carbonyl (C=O) groups is 2. The normalized spacial score (nSPS) is 17.7. The van der Waals surface area contributed by atoms with Crippen LogP contribution in [0.2, 0.25) is 0 Å². The molecule has 0 amide bonds. The number of hydrogen-bond donors (Lipinski definition) is 2. The second-order valence-corrected chi connectivity index (χ2v) is 12.9. The number of hydrogen-bond acceptors (Lipinski definition) is 9. The van der Waals surface area contributed by atoms with E-state index in [1.807, 2.05) is 29.3 Å². The van der Waals surface area contributed by atoms with Crippen molar-refractivity contribution in [3.05, 3.63) is 77.6 Å². The zero-order chi connectivity index (χ0) is 33.5. The molecule has 1 unspecified atom stereocenters. The van der Waals surface area contributed by atoms with Crippen LogP contribution in [0, 0.1) is 13.8 Å². The standard InChI is InChI=1S/C38H45N5O5/c1-26-31(32-9-6-12-35(27(32)2)47-21-7-17-42-19-14-30(15-20-42)48-25-44)8-5-10-33(26)41-37-36-29(13-16-39-37)22-28(23-40-36)24-43-18-4-3-11-34(43)38(45)46/h5-6,8-10,12-13,16,22-23,25,30,34H,3-4,7,11,14-15,17-21,24H2,1-2H3,(H,39,41)(H,45,46). The minimum absolute atomic E-state index is 0.0526. The molecule has 2 aliphatic heterocycles. The molecule has 6 rings (SSSR count). The molecular formula is C38H45N5O5. The predicted octanol–water partition coefficient (Wildman–Crippen LogP) is 6.50. The molecule has 2 fully saturated rings. The summed E-state index contributed by atoms with van der Waals surface area (Å²) < 4.78 is 11.4. The molecule has 252 valence electrons. The molecule has 10 heteroatoms. The maximum atomic E-state index is 11.8. The van der Waals surface area contributed by atoms with Gasteiger partial charge in [0.2, 0.25) is 0 Å². The number of fused-ring (bicyclic) bond motifs is 1. The Hall–Kier alpha value is -4.54. The lowest BCUT2D eigenvalue weighted by Crippen LogP contribution is -2.44. The Morgan fingerprint density at radius 2 is 1.79 bits per heavy atom. The first kappa shape index (κ1) is 33.4. The number of pyridine rings is 2. The van der Waals surface area contributed by atoms with E-state index in [2.05, 4.69) is 59.4 Å². The molecule has 0 aliphatic carbocycles. The first-order valence-electron chi connectivity index (χ1n) is 17.0. The SMILES string of the molecule is Cc1c(Nc2nccc3cc(CN4CCCCC4C(=O)O)cnc23)cccc1-c1cccc(OCCCN2CCC(OC=O)CC2)c1C. The van der Waals surface area contributed by atoms with Gasteiger partial charge in [-0.2, -0.15) is 0 Å². The maximum Gasteiger partial charge on any atom is 0.320 e. The van der Waals surface area contributed by atoms with Gasteiger partial charge in [0.15, 0.2) is 5.82 Å². The molecule has 2 N–H and O–H groups in total. The summed E-state index contributed by atoms with van der Waals surface area (Å²) in [6, 6.07) is 16.1. The van der Waals surface area contributed by atoms with Crippen molar-refractivity contribution in [3.8, 4) is 16.9 Å². The van der Waals surface area contributed by atoms with Crippen LogP contribution in [0.1, 0.15) is 55.2 Å². The van der Waals surface area contributed by atoms with E-state index in [0.29, 0.717) is 31.9 Å². The summed E-state index contributed by atoms with van der Waals surface area (Å²) in [4.78, 5) is 36.3. The molecule has 0 radical (unpaired) electrons. The fraction of sp³-hybridized carbons (Fsp3) is 0.421. The second kappa shape index (κ2) is 15.6. The van der Waals surface area contributed by atoms with Gasteiger partial charge in [0, 0.05) is 49.6 Å². The summed E-state index contributed by atoms with van der Waals surface area (Å²) in [6.07, 6.45) is 9.03. The number of ether oxygens (including phenoxy) is 2. The molecule has 0 saturated carbocycles. The Kier molecular flexibility index (Phi) is 10.8. The van der Waals surface area contributed by atoms with E-state index >= 15 is 0 Å². The van der Waals surface area contributed by atoms with Crippen LogP contribution >= 0.6 is 0 Å². The third-order valence-corrected chi connectivity index (χ3v) is 9.76. The van der Waals surface area contributed by atoms with Gasteiger partial charge in [0.1, 0.15) is 23.4 Å². The van der Waals surface area contributed by atoms with Crippen LogP contribution in [0.15, 0.2) is 60.9 Å². The third-order valence-electron chi connectivity index (χ3n) is 9.76. The fourth-order valence-electron chi connectivity index (χ4n) is 7.05. The van der Waals surface area contributed by atoms with E-state index in [9.17, 15) is 14.7 Å². The number of benzene rings is 2. The van der Waals surface area contributed by atoms with E-state index in [1.54, 1.807) is 6.20 Å². The Balaban J connectivity index is 1.12. The zero-order valence-corrected chi connectivity index (χ0v) is 27.9. The van der Waals surface area contributed by atoms with Gasteiger partial charge in [0.25, 0.3) is 6.47 Å². The highest BCUT2D eigenvalue weighted by Crippen LogP contribution is 2.36. The van der Waals surface area contributed by atoms with Gasteiger partial charge >= 0.3 is 5.97 Å². The van der Waals surface area contributed by atoms with E-state index in [-0.39, 0.29) is 6.10 Å². The van der Waals surface area contributed by atoms with Crippen LogP contribution in [0.4, 0.5) is 11.5 Å². The lowest BCUT2D eigenvalue weighted by Gasteiger charge is -2.32.